The number of aromatic nitrogens is 1. The van der Waals surface area contributed by atoms with Crippen molar-refractivity contribution >= 4 is 28.7 Å². The largest absolute Gasteiger partial charge is 0.465 e. The number of nitrogens with zero attached hydrogens (tertiary/aromatic N) is 2. The summed E-state index contributed by atoms with van der Waals surface area (Å²) in [5.74, 6) is -0.519. The molecule has 0 saturated carbocycles. The van der Waals surface area contributed by atoms with Gasteiger partial charge >= 0.3 is 6.09 Å². The van der Waals surface area contributed by atoms with Crippen LogP contribution in [-0.2, 0) is 6.42 Å². The van der Waals surface area contributed by atoms with Gasteiger partial charge < -0.3 is 10.0 Å². The molecule has 1 heterocycles. The van der Waals surface area contributed by atoms with E-state index >= 15 is 0 Å². The second-order valence-corrected chi connectivity index (χ2v) is 4.21. The molecule has 1 rings (SSSR count). The maximum atomic E-state index is 12.7. The summed E-state index contributed by atoms with van der Waals surface area (Å²) in [6.45, 7) is 0.374. The molecule has 82 valence electrons. The molecule has 0 aliphatic carbocycles. The molecule has 1 aromatic heterocycles. The average Bonchev–Trinajstić information content (AvgIpc) is 2.15. The van der Waals surface area contributed by atoms with Crippen LogP contribution in [0.15, 0.2) is 12.3 Å². The van der Waals surface area contributed by atoms with Crippen LogP contribution in [0.1, 0.15) is 5.56 Å². The minimum Gasteiger partial charge on any atom is -0.465 e. The van der Waals surface area contributed by atoms with Crippen LogP contribution >= 0.6 is 22.6 Å². The van der Waals surface area contributed by atoms with Crippen molar-refractivity contribution in [3.05, 3.63) is 27.3 Å². The van der Waals surface area contributed by atoms with Gasteiger partial charge in [0, 0.05) is 29.4 Å². The molecule has 1 amide bonds. The van der Waals surface area contributed by atoms with Crippen molar-refractivity contribution in [1.29, 1.82) is 0 Å². The van der Waals surface area contributed by atoms with Crippen molar-refractivity contribution in [2.24, 2.45) is 0 Å². The predicted octanol–water partition coefficient (Wildman–Crippen LogP) is 1.98. The number of rotatable bonds is 3. The lowest BCUT2D eigenvalue weighted by atomic mass is 10.2. The molecular formula is C9H10FIN2O2. The summed E-state index contributed by atoms with van der Waals surface area (Å²) < 4.78 is 13.4. The molecule has 0 aliphatic heterocycles. The summed E-state index contributed by atoms with van der Waals surface area (Å²) in [7, 11) is 1.49. The van der Waals surface area contributed by atoms with E-state index < -0.39 is 12.0 Å². The molecular weight excluding hydrogens is 314 g/mol. The Bertz CT molecular complexity index is 373. The lowest BCUT2D eigenvalue weighted by molar-refractivity contribution is 0.156. The van der Waals surface area contributed by atoms with Crippen LogP contribution in [0.5, 0.6) is 0 Å². The number of likely N-dealkylation sites (N-methyl/N-ethyl adjacent to an activating group) is 1. The highest BCUT2D eigenvalue weighted by Gasteiger charge is 2.07. The molecule has 1 N–H and O–H groups in total. The van der Waals surface area contributed by atoms with E-state index in [0.717, 1.165) is 9.13 Å². The molecule has 0 unspecified atom stereocenters. The van der Waals surface area contributed by atoms with Crippen molar-refractivity contribution in [3.8, 4) is 0 Å². The molecule has 0 atom stereocenters. The molecule has 0 aromatic carbocycles. The quantitative estimate of drug-likeness (QED) is 0.683. The smallest absolute Gasteiger partial charge is 0.407 e. The van der Waals surface area contributed by atoms with Gasteiger partial charge in [-0.1, -0.05) is 0 Å². The Labute approximate surface area is 100 Å². The Morgan fingerprint density at radius 3 is 2.93 bits per heavy atom. The van der Waals surface area contributed by atoms with E-state index in [9.17, 15) is 9.18 Å². The standard InChI is InChI=1S/C9H10FIN2O2/c1-13(9(14)15)3-2-6-5-12-8(10)4-7(6)11/h4-5H,2-3H2,1H3,(H,14,15). The monoisotopic (exact) mass is 324 g/mol. The van der Waals surface area contributed by atoms with Gasteiger partial charge in [0.15, 0.2) is 0 Å². The normalized spacial score (nSPS) is 10.1. The van der Waals surface area contributed by atoms with Crippen molar-refractivity contribution in [2.45, 2.75) is 6.42 Å². The van der Waals surface area contributed by atoms with Gasteiger partial charge in [-0.3, -0.25) is 0 Å². The third-order valence-corrected chi connectivity index (χ3v) is 2.94. The number of amides is 1. The average molecular weight is 324 g/mol. The Morgan fingerprint density at radius 1 is 1.73 bits per heavy atom. The highest BCUT2D eigenvalue weighted by atomic mass is 127. The Balaban J connectivity index is 2.62. The molecule has 0 spiro atoms. The highest BCUT2D eigenvalue weighted by Crippen LogP contribution is 2.12. The van der Waals surface area contributed by atoms with Crippen molar-refractivity contribution in [3.63, 3.8) is 0 Å². The molecule has 6 heteroatoms. The fourth-order valence-electron chi connectivity index (χ4n) is 1.00. The molecule has 0 radical (unpaired) electrons. The van der Waals surface area contributed by atoms with Crippen LogP contribution in [0.25, 0.3) is 0 Å². The Morgan fingerprint density at radius 2 is 2.40 bits per heavy atom. The van der Waals surface area contributed by atoms with Gasteiger partial charge in [-0.15, -0.1) is 0 Å². The number of carbonyl (C=O) groups is 1. The fraction of sp³-hybridized carbons (Fsp3) is 0.333. The number of hydrogen-bond donors (Lipinski definition) is 1. The van der Waals surface area contributed by atoms with Crippen LogP contribution in [0.4, 0.5) is 9.18 Å². The maximum absolute atomic E-state index is 12.7. The minimum atomic E-state index is -0.972. The van der Waals surface area contributed by atoms with Gasteiger partial charge in [-0.2, -0.15) is 4.39 Å². The zero-order valence-electron chi connectivity index (χ0n) is 8.07. The van der Waals surface area contributed by atoms with Crippen LogP contribution in [0, 0.1) is 9.52 Å². The van der Waals surface area contributed by atoms with E-state index in [-0.39, 0.29) is 0 Å². The van der Waals surface area contributed by atoms with E-state index in [1.807, 2.05) is 22.6 Å². The molecule has 15 heavy (non-hydrogen) atoms. The number of hydrogen-bond acceptors (Lipinski definition) is 2. The van der Waals surface area contributed by atoms with Gasteiger partial charge in [-0.25, -0.2) is 9.78 Å². The number of pyridine rings is 1. The van der Waals surface area contributed by atoms with E-state index in [1.54, 1.807) is 0 Å². The van der Waals surface area contributed by atoms with E-state index in [1.165, 1.54) is 24.2 Å². The molecule has 0 fully saturated rings. The lowest BCUT2D eigenvalue weighted by Crippen LogP contribution is -2.27. The summed E-state index contributed by atoms with van der Waals surface area (Å²) in [5.41, 5.74) is 0.852. The zero-order valence-corrected chi connectivity index (χ0v) is 10.2. The van der Waals surface area contributed by atoms with E-state index in [0.29, 0.717) is 13.0 Å². The van der Waals surface area contributed by atoms with E-state index in [4.69, 9.17) is 5.11 Å². The van der Waals surface area contributed by atoms with Gasteiger partial charge in [0.1, 0.15) is 0 Å². The van der Waals surface area contributed by atoms with Crippen molar-refractivity contribution in [1.82, 2.24) is 9.88 Å². The highest BCUT2D eigenvalue weighted by molar-refractivity contribution is 14.1. The van der Waals surface area contributed by atoms with Crippen LogP contribution in [0.3, 0.4) is 0 Å². The van der Waals surface area contributed by atoms with Gasteiger partial charge in [0.2, 0.25) is 5.95 Å². The number of halogens is 2. The van der Waals surface area contributed by atoms with Crippen molar-refractivity contribution < 1.29 is 14.3 Å². The van der Waals surface area contributed by atoms with Crippen LogP contribution in [0.2, 0.25) is 0 Å². The molecule has 0 saturated heterocycles. The maximum Gasteiger partial charge on any atom is 0.407 e. The first kappa shape index (κ1) is 12.2. The summed E-state index contributed by atoms with van der Waals surface area (Å²) in [4.78, 5) is 15.2. The Kier molecular flexibility index (Phi) is 4.25. The first-order valence-corrected chi connectivity index (χ1v) is 5.32. The first-order chi connectivity index (χ1) is 7.00. The van der Waals surface area contributed by atoms with Gasteiger partial charge in [-0.05, 0) is 34.6 Å². The second-order valence-electron chi connectivity index (χ2n) is 3.05. The lowest BCUT2D eigenvalue weighted by Gasteiger charge is -2.12. The fourth-order valence-corrected chi connectivity index (χ4v) is 1.67. The summed E-state index contributed by atoms with van der Waals surface area (Å²) in [6, 6.07) is 1.33. The third-order valence-electron chi connectivity index (χ3n) is 1.94. The summed E-state index contributed by atoms with van der Waals surface area (Å²) in [6.07, 6.45) is 1.00. The van der Waals surface area contributed by atoms with Crippen LogP contribution in [-0.4, -0.2) is 34.7 Å². The minimum absolute atomic E-state index is 0.374. The molecule has 4 nitrogen and oxygen atoms in total. The van der Waals surface area contributed by atoms with Gasteiger partial charge in [0.05, 0.1) is 0 Å². The topological polar surface area (TPSA) is 53.4 Å². The van der Waals surface area contributed by atoms with E-state index in [2.05, 4.69) is 4.98 Å². The zero-order chi connectivity index (χ0) is 11.4. The molecule has 1 aromatic rings. The SMILES string of the molecule is CN(CCc1cnc(F)cc1I)C(=O)O. The predicted molar refractivity (Wildman–Crippen MR) is 61.3 cm³/mol. The molecule has 0 aliphatic rings. The summed E-state index contributed by atoms with van der Waals surface area (Å²) in [5, 5.41) is 8.62. The van der Waals surface area contributed by atoms with Gasteiger partial charge in [0.25, 0.3) is 0 Å². The Hall–Kier alpha value is -0.920. The third kappa shape index (κ3) is 3.61. The summed E-state index contributed by atoms with van der Waals surface area (Å²) >= 11 is 2.00. The van der Waals surface area contributed by atoms with Crippen molar-refractivity contribution in [2.75, 3.05) is 13.6 Å². The molecule has 0 bridgehead atoms. The number of carboxylic acid groups (broad SMARTS) is 1. The second kappa shape index (κ2) is 5.24. The van der Waals surface area contributed by atoms with Crippen LogP contribution < -0.4 is 0 Å². The first-order valence-electron chi connectivity index (χ1n) is 4.24.